The maximum absolute atomic E-state index is 12.7. The van der Waals surface area contributed by atoms with Gasteiger partial charge in [-0.05, 0) is 38.5 Å². The predicted octanol–water partition coefficient (Wildman–Crippen LogP) is 8.39. The first-order chi connectivity index (χ1) is 25.3. The fourth-order valence-electron chi connectivity index (χ4n) is 6.48. The van der Waals surface area contributed by atoms with E-state index in [0.717, 1.165) is 44.9 Å². The molecule has 10 nitrogen and oxygen atoms in total. The molecule has 0 bridgehead atoms. The van der Waals surface area contributed by atoms with Gasteiger partial charge in [0.15, 0.2) is 12.4 Å². The Hall–Kier alpha value is -1.56. The molecule has 4 N–H and O–H groups in total. The average molecular weight is 743 g/mol. The molecule has 1 heterocycles. The van der Waals surface area contributed by atoms with Crippen molar-refractivity contribution in [2.75, 3.05) is 19.8 Å². The minimum atomic E-state index is -1.59. The zero-order valence-corrected chi connectivity index (χ0v) is 33.1. The smallest absolute Gasteiger partial charge is 0.306 e. The SMILES string of the molecule is CCCCCCCCCC/C=C\CCCCCCCCCCCCCC(=O)OC(COC(=O)CCCCCC)COC1OC(CO)C(O)C(O)C1O. The van der Waals surface area contributed by atoms with E-state index in [2.05, 4.69) is 26.0 Å². The third-order valence-electron chi connectivity index (χ3n) is 9.90. The van der Waals surface area contributed by atoms with Crippen LogP contribution in [0.5, 0.6) is 0 Å². The van der Waals surface area contributed by atoms with Crippen LogP contribution in [0.15, 0.2) is 12.2 Å². The minimum absolute atomic E-state index is 0.216. The van der Waals surface area contributed by atoms with Crippen molar-refractivity contribution in [1.29, 1.82) is 0 Å². The summed E-state index contributed by atoms with van der Waals surface area (Å²) in [5, 5.41) is 39.8. The Balaban J connectivity index is 2.16. The van der Waals surface area contributed by atoms with Crippen LogP contribution in [0.25, 0.3) is 0 Å². The van der Waals surface area contributed by atoms with Crippen LogP contribution in [-0.4, -0.2) is 89.0 Å². The maximum atomic E-state index is 12.7. The van der Waals surface area contributed by atoms with Crippen molar-refractivity contribution < 1.29 is 49.0 Å². The number of unbranched alkanes of at least 4 members (excludes halogenated alkanes) is 22. The van der Waals surface area contributed by atoms with Crippen molar-refractivity contribution in [2.24, 2.45) is 0 Å². The Kier molecular flexibility index (Phi) is 31.7. The van der Waals surface area contributed by atoms with E-state index in [0.29, 0.717) is 6.42 Å². The summed E-state index contributed by atoms with van der Waals surface area (Å²) in [6.07, 6.45) is 27.3. The first-order valence-electron chi connectivity index (χ1n) is 21.3. The second-order valence-electron chi connectivity index (χ2n) is 14.8. The number of aliphatic hydroxyl groups is 4. The molecule has 52 heavy (non-hydrogen) atoms. The summed E-state index contributed by atoms with van der Waals surface area (Å²) in [6, 6.07) is 0. The Bertz CT molecular complexity index is 866. The Morgan fingerprint density at radius 2 is 1.02 bits per heavy atom. The summed E-state index contributed by atoms with van der Waals surface area (Å²) in [7, 11) is 0. The van der Waals surface area contributed by atoms with E-state index >= 15 is 0 Å². The molecule has 1 saturated heterocycles. The molecule has 0 radical (unpaired) electrons. The number of carbonyl (C=O) groups excluding carboxylic acids is 2. The van der Waals surface area contributed by atoms with Crippen LogP contribution in [-0.2, 0) is 28.5 Å². The van der Waals surface area contributed by atoms with Gasteiger partial charge in [0.1, 0.15) is 31.0 Å². The highest BCUT2D eigenvalue weighted by Gasteiger charge is 2.44. The fourth-order valence-corrected chi connectivity index (χ4v) is 6.48. The van der Waals surface area contributed by atoms with Gasteiger partial charge in [-0.3, -0.25) is 9.59 Å². The molecule has 306 valence electrons. The average Bonchev–Trinajstić information content (AvgIpc) is 3.14. The van der Waals surface area contributed by atoms with Gasteiger partial charge in [0, 0.05) is 12.8 Å². The number of rotatable bonds is 35. The van der Waals surface area contributed by atoms with E-state index in [1.54, 1.807) is 0 Å². The number of ether oxygens (including phenoxy) is 4. The van der Waals surface area contributed by atoms with Crippen LogP contribution in [0, 0.1) is 0 Å². The summed E-state index contributed by atoms with van der Waals surface area (Å²) in [5.74, 6) is -0.822. The molecule has 1 aliphatic rings. The molecule has 1 aliphatic heterocycles. The third-order valence-corrected chi connectivity index (χ3v) is 9.90. The number of hydrogen-bond acceptors (Lipinski definition) is 10. The molecule has 0 amide bonds. The zero-order chi connectivity index (χ0) is 38.1. The van der Waals surface area contributed by atoms with Crippen LogP contribution < -0.4 is 0 Å². The largest absolute Gasteiger partial charge is 0.462 e. The van der Waals surface area contributed by atoms with E-state index in [1.165, 1.54) is 109 Å². The molecule has 0 spiro atoms. The van der Waals surface area contributed by atoms with Gasteiger partial charge in [-0.2, -0.15) is 0 Å². The molecule has 0 saturated carbocycles. The minimum Gasteiger partial charge on any atom is -0.462 e. The molecule has 0 aromatic carbocycles. The molecule has 10 heteroatoms. The van der Waals surface area contributed by atoms with Gasteiger partial charge in [0.25, 0.3) is 0 Å². The van der Waals surface area contributed by atoms with Gasteiger partial charge in [0.05, 0.1) is 13.2 Å². The highest BCUT2D eigenvalue weighted by molar-refractivity contribution is 5.70. The number of esters is 2. The molecule has 0 aromatic heterocycles. The van der Waals surface area contributed by atoms with Crippen molar-refractivity contribution in [1.82, 2.24) is 0 Å². The van der Waals surface area contributed by atoms with E-state index < -0.39 is 55.4 Å². The zero-order valence-electron chi connectivity index (χ0n) is 33.1. The van der Waals surface area contributed by atoms with Gasteiger partial charge in [-0.15, -0.1) is 0 Å². The van der Waals surface area contributed by atoms with Crippen LogP contribution in [0.4, 0.5) is 0 Å². The normalized spacial score (nSPS) is 21.1. The van der Waals surface area contributed by atoms with Crippen LogP contribution >= 0.6 is 0 Å². The van der Waals surface area contributed by atoms with Crippen molar-refractivity contribution in [3.8, 4) is 0 Å². The topological polar surface area (TPSA) is 152 Å². The van der Waals surface area contributed by atoms with Crippen LogP contribution in [0.2, 0.25) is 0 Å². The summed E-state index contributed by atoms with van der Waals surface area (Å²) in [5.41, 5.74) is 0. The van der Waals surface area contributed by atoms with Gasteiger partial charge in [-0.25, -0.2) is 0 Å². The second-order valence-corrected chi connectivity index (χ2v) is 14.8. The van der Waals surface area contributed by atoms with Crippen LogP contribution in [0.3, 0.4) is 0 Å². The molecule has 1 fully saturated rings. The quantitative estimate of drug-likeness (QED) is 0.0283. The molecule has 6 atom stereocenters. The maximum Gasteiger partial charge on any atom is 0.306 e. The molecular formula is C42H78O10. The van der Waals surface area contributed by atoms with Gasteiger partial charge >= 0.3 is 11.9 Å². The number of allylic oxidation sites excluding steroid dienone is 2. The second kappa shape index (κ2) is 34.0. The van der Waals surface area contributed by atoms with E-state index in [4.69, 9.17) is 18.9 Å². The van der Waals surface area contributed by atoms with E-state index in [-0.39, 0.29) is 26.1 Å². The molecule has 1 rings (SSSR count). The fraction of sp³-hybridized carbons (Fsp3) is 0.905. The first kappa shape index (κ1) is 48.5. The Morgan fingerprint density at radius 1 is 0.577 bits per heavy atom. The van der Waals surface area contributed by atoms with Gasteiger partial charge < -0.3 is 39.4 Å². The lowest BCUT2D eigenvalue weighted by Crippen LogP contribution is -2.59. The lowest BCUT2D eigenvalue weighted by molar-refractivity contribution is -0.305. The standard InChI is InChI=1S/C42H78O10/c1-3-5-7-9-10-11-12-13-14-15-16-17-18-19-20-21-22-23-24-25-26-27-29-31-38(45)51-35(33-49-37(44)30-28-8-6-4-2)34-50-42-41(48)40(47)39(46)36(32-43)52-42/h15-16,35-36,39-43,46-48H,3-14,17-34H2,1-2H3/b16-15-. The number of carbonyl (C=O) groups is 2. The number of aliphatic hydroxyl groups excluding tert-OH is 4. The van der Waals surface area contributed by atoms with Crippen molar-refractivity contribution in [3.05, 3.63) is 12.2 Å². The summed E-state index contributed by atoms with van der Waals surface area (Å²) < 4.78 is 21.9. The highest BCUT2D eigenvalue weighted by Crippen LogP contribution is 2.22. The molecular weight excluding hydrogens is 664 g/mol. The summed E-state index contributed by atoms with van der Waals surface area (Å²) in [6.45, 7) is 3.29. The molecule has 6 unspecified atom stereocenters. The summed E-state index contributed by atoms with van der Waals surface area (Å²) >= 11 is 0. The Labute approximate surface area is 316 Å². The van der Waals surface area contributed by atoms with Crippen LogP contribution in [0.1, 0.15) is 187 Å². The van der Waals surface area contributed by atoms with Crippen molar-refractivity contribution in [2.45, 2.75) is 224 Å². The van der Waals surface area contributed by atoms with Gasteiger partial charge in [-0.1, -0.05) is 148 Å². The monoisotopic (exact) mass is 743 g/mol. The lowest BCUT2D eigenvalue weighted by Gasteiger charge is -2.39. The highest BCUT2D eigenvalue weighted by atomic mass is 16.7. The first-order valence-corrected chi connectivity index (χ1v) is 21.3. The number of hydrogen-bond donors (Lipinski definition) is 4. The summed E-state index contributed by atoms with van der Waals surface area (Å²) in [4.78, 5) is 24.9. The predicted molar refractivity (Wildman–Crippen MR) is 206 cm³/mol. The van der Waals surface area contributed by atoms with E-state index in [9.17, 15) is 30.0 Å². The van der Waals surface area contributed by atoms with Crippen molar-refractivity contribution >= 4 is 11.9 Å². The Morgan fingerprint density at radius 3 is 1.52 bits per heavy atom. The third kappa shape index (κ3) is 25.5. The lowest BCUT2D eigenvalue weighted by atomic mass is 9.99. The van der Waals surface area contributed by atoms with Gasteiger partial charge in [0.2, 0.25) is 0 Å². The van der Waals surface area contributed by atoms with Crippen molar-refractivity contribution in [3.63, 3.8) is 0 Å². The molecule has 0 aromatic rings. The van der Waals surface area contributed by atoms with E-state index in [1.807, 2.05) is 0 Å². The molecule has 0 aliphatic carbocycles.